The van der Waals surface area contributed by atoms with E-state index in [0.29, 0.717) is 6.04 Å². The molecule has 0 amide bonds. The molecular weight excluding hydrogens is 426 g/mol. The number of methoxy groups -OCH3 is 1. The Labute approximate surface area is 186 Å². The first kappa shape index (κ1) is 23.7. The third kappa shape index (κ3) is 6.71. The number of rotatable bonds is 9. The summed E-state index contributed by atoms with van der Waals surface area (Å²) >= 11 is 0. The number of aromatic nitrogens is 1. The maximum Gasteiger partial charge on any atom is 0.121 e. The Balaban J connectivity index is 0.00000300. The summed E-state index contributed by atoms with van der Waals surface area (Å²) in [6.07, 6.45) is 16.7. The summed E-state index contributed by atoms with van der Waals surface area (Å²) in [5.74, 6) is 1.71. The number of nitrogens with zero attached hydrogens (tertiary/aromatic N) is 1. The Morgan fingerprint density at radius 3 is 2.79 bits per heavy atom. The highest BCUT2D eigenvalue weighted by molar-refractivity contribution is 8.93. The lowest BCUT2D eigenvalue weighted by molar-refractivity contribution is 0.362. The summed E-state index contributed by atoms with van der Waals surface area (Å²) in [4.78, 5) is 4.67. The summed E-state index contributed by atoms with van der Waals surface area (Å²) in [7, 11) is 1.72. The average Bonchev–Trinajstić information content (AvgIpc) is 2.73. The van der Waals surface area contributed by atoms with Gasteiger partial charge in [-0.2, -0.15) is 0 Å². The number of fused-ring (bicyclic) bond motifs is 1. The molecule has 0 radical (unpaired) electrons. The van der Waals surface area contributed by atoms with Gasteiger partial charge in [0.1, 0.15) is 5.75 Å². The number of nitrogens with one attached hydrogen (secondary N) is 1. The van der Waals surface area contributed by atoms with Crippen LogP contribution in [-0.4, -0.2) is 24.7 Å². The van der Waals surface area contributed by atoms with Crippen LogP contribution in [0.1, 0.15) is 63.9 Å². The number of anilines is 1. The van der Waals surface area contributed by atoms with E-state index in [2.05, 4.69) is 41.5 Å². The Morgan fingerprint density at radius 2 is 2.07 bits per heavy atom. The van der Waals surface area contributed by atoms with Crippen LogP contribution >= 0.6 is 17.0 Å². The standard InChI is InChI=1S/C24H35N3O.BrH/c1-18(8-7-14-25)27-23-17-21(28-2)16-22-20(13-15-26-24(22)23)12-6-11-19-9-4-3-5-10-19;/h6,12-13,15-19,27H,3-5,7-11,14,25H2,1-2H3;1H/b12-6+;. The second-order valence-corrected chi connectivity index (χ2v) is 8.09. The van der Waals surface area contributed by atoms with E-state index in [1.165, 1.54) is 44.1 Å². The second kappa shape index (κ2) is 12.2. The van der Waals surface area contributed by atoms with Crippen molar-refractivity contribution < 1.29 is 4.74 Å². The zero-order chi connectivity index (χ0) is 19.8. The average molecular weight is 462 g/mol. The van der Waals surface area contributed by atoms with Gasteiger partial charge in [0, 0.05) is 23.7 Å². The fraction of sp³-hybridized carbons (Fsp3) is 0.542. The highest BCUT2D eigenvalue weighted by atomic mass is 79.9. The molecule has 1 aromatic carbocycles. The van der Waals surface area contributed by atoms with Gasteiger partial charge in [-0.05, 0) is 56.3 Å². The summed E-state index contributed by atoms with van der Waals surface area (Å²) in [5, 5.41) is 4.74. The largest absolute Gasteiger partial charge is 0.497 e. The number of hydrogen-bond acceptors (Lipinski definition) is 4. The van der Waals surface area contributed by atoms with Crippen LogP contribution in [0.5, 0.6) is 5.75 Å². The molecule has 1 unspecified atom stereocenters. The van der Waals surface area contributed by atoms with E-state index in [-0.39, 0.29) is 17.0 Å². The fourth-order valence-electron chi connectivity index (χ4n) is 4.19. The lowest BCUT2D eigenvalue weighted by atomic mass is 9.87. The predicted molar refractivity (Wildman–Crippen MR) is 130 cm³/mol. The molecule has 0 spiro atoms. The summed E-state index contributed by atoms with van der Waals surface area (Å²) in [6, 6.07) is 6.58. The third-order valence-corrected chi connectivity index (χ3v) is 5.82. The lowest BCUT2D eigenvalue weighted by Gasteiger charge is -2.19. The zero-order valence-electron chi connectivity index (χ0n) is 17.8. The van der Waals surface area contributed by atoms with Crippen molar-refractivity contribution >= 4 is 39.6 Å². The van der Waals surface area contributed by atoms with Crippen LogP contribution in [-0.2, 0) is 0 Å². The first-order valence-corrected chi connectivity index (χ1v) is 10.8. The maximum atomic E-state index is 5.66. The molecule has 1 saturated carbocycles. The topological polar surface area (TPSA) is 60.2 Å². The van der Waals surface area contributed by atoms with Crippen LogP contribution in [0.4, 0.5) is 5.69 Å². The highest BCUT2D eigenvalue weighted by Gasteiger charge is 2.13. The van der Waals surface area contributed by atoms with Gasteiger partial charge < -0.3 is 15.8 Å². The first-order chi connectivity index (χ1) is 13.7. The highest BCUT2D eigenvalue weighted by Crippen LogP contribution is 2.32. The molecule has 1 atom stereocenters. The van der Waals surface area contributed by atoms with Crippen molar-refractivity contribution in [3.8, 4) is 5.75 Å². The number of ether oxygens (including phenoxy) is 1. The minimum Gasteiger partial charge on any atom is -0.497 e. The van der Waals surface area contributed by atoms with Crippen LogP contribution in [0.25, 0.3) is 17.0 Å². The molecule has 0 saturated heterocycles. The molecular formula is C24H36BrN3O. The molecule has 1 heterocycles. The first-order valence-electron chi connectivity index (χ1n) is 10.8. The van der Waals surface area contributed by atoms with Gasteiger partial charge in [0.15, 0.2) is 0 Å². The van der Waals surface area contributed by atoms with E-state index >= 15 is 0 Å². The van der Waals surface area contributed by atoms with Crippen molar-refractivity contribution in [2.24, 2.45) is 11.7 Å². The minimum absolute atomic E-state index is 0. The number of nitrogens with two attached hydrogens (primary N) is 1. The fourth-order valence-corrected chi connectivity index (χ4v) is 4.19. The summed E-state index contributed by atoms with van der Waals surface area (Å²) in [6.45, 7) is 2.91. The smallest absolute Gasteiger partial charge is 0.121 e. The van der Waals surface area contributed by atoms with E-state index in [0.717, 1.165) is 47.6 Å². The Morgan fingerprint density at radius 1 is 1.28 bits per heavy atom. The number of hydrogen-bond donors (Lipinski definition) is 2. The Kier molecular flexibility index (Phi) is 9.95. The van der Waals surface area contributed by atoms with Crippen LogP contribution < -0.4 is 15.8 Å². The van der Waals surface area contributed by atoms with Gasteiger partial charge in [0.2, 0.25) is 0 Å². The van der Waals surface area contributed by atoms with E-state index < -0.39 is 0 Å². The maximum absolute atomic E-state index is 5.66. The van der Waals surface area contributed by atoms with Crippen molar-refractivity contribution in [3.05, 3.63) is 36.0 Å². The van der Waals surface area contributed by atoms with E-state index in [4.69, 9.17) is 10.5 Å². The molecule has 2 aromatic rings. The number of benzene rings is 1. The Bertz CT molecular complexity index is 787. The summed E-state index contributed by atoms with van der Waals surface area (Å²) < 4.78 is 5.57. The number of halogens is 1. The molecule has 0 aliphatic heterocycles. The number of pyridine rings is 1. The zero-order valence-corrected chi connectivity index (χ0v) is 19.5. The van der Waals surface area contributed by atoms with Crippen molar-refractivity contribution in [1.82, 2.24) is 4.98 Å². The molecule has 4 nitrogen and oxygen atoms in total. The van der Waals surface area contributed by atoms with Crippen molar-refractivity contribution in [2.75, 3.05) is 19.0 Å². The molecule has 1 aliphatic carbocycles. The molecule has 29 heavy (non-hydrogen) atoms. The lowest BCUT2D eigenvalue weighted by Crippen LogP contribution is -2.17. The number of allylic oxidation sites excluding steroid dienone is 1. The molecule has 5 heteroatoms. The van der Waals surface area contributed by atoms with Gasteiger partial charge in [-0.3, -0.25) is 4.98 Å². The van der Waals surface area contributed by atoms with E-state index in [9.17, 15) is 0 Å². The van der Waals surface area contributed by atoms with E-state index in [1.54, 1.807) is 7.11 Å². The molecule has 160 valence electrons. The van der Waals surface area contributed by atoms with Gasteiger partial charge in [0.05, 0.1) is 18.3 Å². The second-order valence-electron chi connectivity index (χ2n) is 8.09. The van der Waals surface area contributed by atoms with Crippen LogP contribution in [0, 0.1) is 5.92 Å². The summed E-state index contributed by atoms with van der Waals surface area (Å²) in [5.41, 5.74) is 8.89. The van der Waals surface area contributed by atoms with Gasteiger partial charge in [0.25, 0.3) is 0 Å². The molecule has 0 bridgehead atoms. The van der Waals surface area contributed by atoms with Crippen LogP contribution in [0.3, 0.4) is 0 Å². The molecule has 1 fully saturated rings. The monoisotopic (exact) mass is 461 g/mol. The predicted octanol–water partition coefficient (Wildman–Crippen LogP) is 6.34. The minimum atomic E-state index is 0. The Hall–Kier alpha value is -1.59. The van der Waals surface area contributed by atoms with Crippen LogP contribution in [0.2, 0.25) is 0 Å². The SMILES string of the molecule is Br.COc1cc(NC(C)CCCN)c2nccc(/C=C/CC3CCCCC3)c2c1. The van der Waals surface area contributed by atoms with Gasteiger partial charge in [-0.1, -0.05) is 44.3 Å². The molecule has 1 aromatic heterocycles. The quantitative estimate of drug-likeness (QED) is 0.456. The van der Waals surface area contributed by atoms with Crippen LogP contribution in [0.15, 0.2) is 30.5 Å². The third-order valence-electron chi connectivity index (χ3n) is 5.82. The van der Waals surface area contributed by atoms with Crippen molar-refractivity contribution in [3.63, 3.8) is 0 Å². The van der Waals surface area contributed by atoms with Gasteiger partial charge in [-0.15, -0.1) is 17.0 Å². The van der Waals surface area contributed by atoms with Crippen molar-refractivity contribution in [1.29, 1.82) is 0 Å². The van der Waals surface area contributed by atoms with Gasteiger partial charge >= 0.3 is 0 Å². The van der Waals surface area contributed by atoms with Gasteiger partial charge in [-0.25, -0.2) is 0 Å². The molecule has 3 rings (SSSR count). The molecule has 3 N–H and O–H groups in total. The van der Waals surface area contributed by atoms with E-state index in [1.807, 2.05) is 12.3 Å². The normalized spacial score (nSPS) is 16.0. The van der Waals surface area contributed by atoms with Crippen molar-refractivity contribution in [2.45, 2.75) is 64.3 Å². The molecule has 1 aliphatic rings.